The van der Waals surface area contributed by atoms with Gasteiger partial charge in [0.25, 0.3) is 0 Å². The van der Waals surface area contributed by atoms with Gasteiger partial charge in [0.05, 0.1) is 0 Å². The second-order valence-corrected chi connectivity index (χ2v) is 4.39. The van der Waals surface area contributed by atoms with Gasteiger partial charge < -0.3 is 9.88 Å². The first-order chi connectivity index (χ1) is 7.20. The third kappa shape index (κ3) is 1.99. The van der Waals surface area contributed by atoms with Crippen LogP contribution in [0.15, 0.2) is 30.5 Å². The molecule has 15 heavy (non-hydrogen) atoms. The predicted octanol–water partition coefficient (Wildman–Crippen LogP) is 3.34. The molecule has 2 heteroatoms. The largest absolute Gasteiger partial charge is 0.388 e. The highest BCUT2D eigenvalue weighted by atomic mass is 15.0. The van der Waals surface area contributed by atoms with Gasteiger partial charge in [0.1, 0.15) is 0 Å². The summed E-state index contributed by atoms with van der Waals surface area (Å²) in [5, 5.41) is 4.47. The van der Waals surface area contributed by atoms with Crippen LogP contribution >= 0.6 is 0 Å². The molecule has 0 saturated heterocycles. The van der Waals surface area contributed by atoms with Crippen molar-refractivity contribution in [2.24, 2.45) is 5.92 Å². The molecule has 2 aromatic rings. The van der Waals surface area contributed by atoms with Crippen LogP contribution in [0.4, 0.5) is 5.69 Å². The number of benzene rings is 1. The molecule has 80 valence electrons. The van der Waals surface area contributed by atoms with Crippen LogP contribution in [0.25, 0.3) is 10.9 Å². The minimum Gasteiger partial charge on any atom is -0.388 e. The first-order valence-electron chi connectivity index (χ1n) is 5.47. The average molecular weight is 202 g/mol. The molecule has 1 aromatic heterocycles. The standard InChI is InChI=1S/C13H18N2/c1-10(2)9-15-7-6-11-8-12(14-3)4-5-13(11)15/h4-8,10,14H,9H2,1-3H3. The Morgan fingerprint density at radius 3 is 2.73 bits per heavy atom. The second-order valence-electron chi connectivity index (χ2n) is 4.39. The first kappa shape index (κ1) is 10.1. The lowest BCUT2D eigenvalue weighted by atomic mass is 10.2. The van der Waals surface area contributed by atoms with E-state index in [0.29, 0.717) is 5.92 Å². The van der Waals surface area contributed by atoms with Gasteiger partial charge >= 0.3 is 0 Å². The topological polar surface area (TPSA) is 17.0 Å². The van der Waals surface area contributed by atoms with E-state index in [1.165, 1.54) is 16.6 Å². The van der Waals surface area contributed by atoms with Crippen molar-refractivity contribution in [1.82, 2.24) is 4.57 Å². The summed E-state index contributed by atoms with van der Waals surface area (Å²) < 4.78 is 2.32. The Hall–Kier alpha value is -1.44. The maximum absolute atomic E-state index is 3.16. The van der Waals surface area contributed by atoms with Crippen LogP contribution in [0.1, 0.15) is 13.8 Å². The Balaban J connectivity index is 2.43. The molecule has 0 saturated carbocycles. The fourth-order valence-electron chi connectivity index (χ4n) is 1.91. The number of nitrogens with zero attached hydrogens (tertiary/aromatic N) is 1. The number of rotatable bonds is 3. The molecule has 1 N–H and O–H groups in total. The van der Waals surface area contributed by atoms with Crippen LogP contribution in [-0.2, 0) is 6.54 Å². The molecule has 0 spiro atoms. The van der Waals surface area contributed by atoms with E-state index in [9.17, 15) is 0 Å². The van der Waals surface area contributed by atoms with E-state index in [-0.39, 0.29) is 0 Å². The number of nitrogens with one attached hydrogen (secondary N) is 1. The minimum absolute atomic E-state index is 0.685. The van der Waals surface area contributed by atoms with Gasteiger partial charge in [-0.25, -0.2) is 0 Å². The minimum atomic E-state index is 0.685. The molecule has 0 atom stereocenters. The number of hydrogen-bond donors (Lipinski definition) is 1. The molecule has 1 aromatic carbocycles. The van der Waals surface area contributed by atoms with Crippen molar-refractivity contribution >= 4 is 16.6 Å². The summed E-state index contributed by atoms with van der Waals surface area (Å²) in [5.74, 6) is 0.685. The molecule has 0 aliphatic heterocycles. The maximum Gasteiger partial charge on any atom is 0.0481 e. The summed E-state index contributed by atoms with van der Waals surface area (Å²) in [6.45, 7) is 5.57. The van der Waals surface area contributed by atoms with Crippen LogP contribution in [0.2, 0.25) is 0 Å². The van der Waals surface area contributed by atoms with E-state index >= 15 is 0 Å². The first-order valence-corrected chi connectivity index (χ1v) is 5.47. The molecule has 2 rings (SSSR count). The molecule has 0 bridgehead atoms. The monoisotopic (exact) mass is 202 g/mol. The van der Waals surface area contributed by atoms with Crippen molar-refractivity contribution in [3.63, 3.8) is 0 Å². The highest BCUT2D eigenvalue weighted by Crippen LogP contribution is 2.21. The Morgan fingerprint density at radius 2 is 2.07 bits per heavy atom. The summed E-state index contributed by atoms with van der Waals surface area (Å²) in [6, 6.07) is 8.67. The molecular weight excluding hydrogens is 184 g/mol. The zero-order chi connectivity index (χ0) is 10.8. The zero-order valence-corrected chi connectivity index (χ0v) is 9.62. The van der Waals surface area contributed by atoms with Gasteiger partial charge in [-0.1, -0.05) is 13.8 Å². The molecule has 0 aliphatic rings. The van der Waals surface area contributed by atoms with Crippen molar-refractivity contribution < 1.29 is 0 Å². The maximum atomic E-state index is 3.16. The van der Waals surface area contributed by atoms with Gasteiger partial charge in [0.2, 0.25) is 0 Å². The molecule has 2 nitrogen and oxygen atoms in total. The third-order valence-corrected chi connectivity index (χ3v) is 2.62. The molecule has 0 radical (unpaired) electrons. The van der Waals surface area contributed by atoms with Crippen LogP contribution in [-0.4, -0.2) is 11.6 Å². The van der Waals surface area contributed by atoms with Crippen molar-refractivity contribution in [3.8, 4) is 0 Å². The van der Waals surface area contributed by atoms with Crippen LogP contribution < -0.4 is 5.32 Å². The SMILES string of the molecule is CNc1ccc2c(ccn2CC(C)C)c1. The lowest BCUT2D eigenvalue weighted by molar-refractivity contribution is 0.535. The molecule has 0 amide bonds. The zero-order valence-electron chi connectivity index (χ0n) is 9.62. The quantitative estimate of drug-likeness (QED) is 0.807. The van der Waals surface area contributed by atoms with Crippen LogP contribution in [0.3, 0.4) is 0 Å². The van der Waals surface area contributed by atoms with E-state index in [1.54, 1.807) is 0 Å². The van der Waals surface area contributed by atoms with Gasteiger partial charge in [0.15, 0.2) is 0 Å². The van der Waals surface area contributed by atoms with Crippen molar-refractivity contribution in [2.75, 3.05) is 12.4 Å². The Labute approximate surface area is 90.9 Å². The number of fused-ring (bicyclic) bond motifs is 1. The van der Waals surface area contributed by atoms with E-state index in [0.717, 1.165) is 6.54 Å². The van der Waals surface area contributed by atoms with Gasteiger partial charge in [-0.15, -0.1) is 0 Å². The fraction of sp³-hybridized carbons (Fsp3) is 0.385. The molecule has 0 unspecified atom stereocenters. The number of anilines is 1. The molecule has 0 fully saturated rings. The highest BCUT2D eigenvalue weighted by molar-refractivity contribution is 5.83. The van der Waals surface area contributed by atoms with Crippen molar-refractivity contribution in [1.29, 1.82) is 0 Å². The van der Waals surface area contributed by atoms with Gasteiger partial charge in [-0.05, 0) is 30.2 Å². The van der Waals surface area contributed by atoms with E-state index < -0.39 is 0 Å². The third-order valence-electron chi connectivity index (χ3n) is 2.62. The lowest BCUT2D eigenvalue weighted by Crippen LogP contribution is -2.02. The van der Waals surface area contributed by atoms with E-state index in [4.69, 9.17) is 0 Å². The summed E-state index contributed by atoms with van der Waals surface area (Å²) in [5.41, 5.74) is 2.49. The molecular formula is C13H18N2. The average Bonchev–Trinajstić information content (AvgIpc) is 2.60. The van der Waals surface area contributed by atoms with Gasteiger partial charge in [-0.2, -0.15) is 0 Å². The van der Waals surface area contributed by atoms with Crippen LogP contribution in [0.5, 0.6) is 0 Å². The normalized spacial score (nSPS) is 11.2. The van der Waals surface area contributed by atoms with Gasteiger partial charge in [0, 0.05) is 36.4 Å². The second kappa shape index (κ2) is 3.97. The van der Waals surface area contributed by atoms with Crippen molar-refractivity contribution in [3.05, 3.63) is 30.5 Å². The fourth-order valence-corrected chi connectivity index (χ4v) is 1.91. The number of aromatic nitrogens is 1. The van der Waals surface area contributed by atoms with Crippen LogP contribution in [0, 0.1) is 5.92 Å². The Kier molecular flexibility index (Phi) is 2.67. The summed E-state index contributed by atoms with van der Waals surface area (Å²) in [4.78, 5) is 0. The Bertz CT molecular complexity index is 455. The van der Waals surface area contributed by atoms with Gasteiger partial charge in [-0.3, -0.25) is 0 Å². The highest BCUT2D eigenvalue weighted by Gasteiger charge is 2.02. The summed E-state index contributed by atoms with van der Waals surface area (Å²) in [7, 11) is 1.95. The number of hydrogen-bond acceptors (Lipinski definition) is 1. The predicted molar refractivity (Wildman–Crippen MR) is 66.3 cm³/mol. The molecule has 0 aliphatic carbocycles. The lowest BCUT2D eigenvalue weighted by Gasteiger charge is -2.08. The van der Waals surface area contributed by atoms with E-state index in [2.05, 4.69) is 54.2 Å². The summed E-state index contributed by atoms with van der Waals surface area (Å²) >= 11 is 0. The smallest absolute Gasteiger partial charge is 0.0481 e. The van der Waals surface area contributed by atoms with Crippen molar-refractivity contribution in [2.45, 2.75) is 20.4 Å². The Morgan fingerprint density at radius 1 is 1.27 bits per heavy atom. The molecule has 1 heterocycles. The summed E-state index contributed by atoms with van der Waals surface area (Å²) in [6.07, 6.45) is 2.17. The van der Waals surface area contributed by atoms with E-state index in [1.807, 2.05) is 7.05 Å².